The predicted molar refractivity (Wildman–Crippen MR) is 105 cm³/mol. The Morgan fingerprint density at radius 3 is 2.50 bits per heavy atom. The van der Waals surface area contributed by atoms with Gasteiger partial charge in [0, 0.05) is 18.7 Å². The van der Waals surface area contributed by atoms with Crippen molar-refractivity contribution in [1.29, 1.82) is 0 Å². The van der Waals surface area contributed by atoms with Gasteiger partial charge in [-0.15, -0.1) is 0 Å². The summed E-state index contributed by atoms with van der Waals surface area (Å²) in [6.45, 7) is 3.91. The van der Waals surface area contributed by atoms with Gasteiger partial charge in [-0.2, -0.15) is 10.2 Å². The number of rotatable bonds is 5. The van der Waals surface area contributed by atoms with Crippen molar-refractivity contribution in [2.24, 2.45) is 5.92 Å². The van der Waals surface area contributed by atoms with Gasteiger partial charge in [0.15, 0.2) is 0 Å². The maximum absolute atomic E-state index is 6.04. The average Bonchev–Trinajstić information content (AvgIpc) is 2.75. The quantitative estimate of drug-likeness (QED) is 0.648. The smallest absolute Gasteiger partial charge is 0.232 e. The lowest BCUT2D eigenvalue weighted by molar-refractivity contribution is 0.127. The second-order valence-electron chi connectivity index (χ2n) is 6.72. The van der Waals surface area contributed by atoms with Crippen LogP contribution in [0.15, 0.2) is 43.2 Å². The molecule has 0 N–H and O–H groups in total. The Kier molecular flexibility index (Phi) is 5.57. The molecule has 0 spiro atoms. The number of hydrogen-bond acceptors (Lipinski definition) is 8. The highest BCUT2D eigenvalue weighted by atomic mass is 35.5. The second kappa shape index (κ2) is 8.43. The van der Waals surface area contributed by atoms with Crippen molar-refractivity contribution in [3.8, 4) is 17.1 Å². The first kappa shape index (κ1) is 18.5. The zero-order chi connectivity index (χ0) is 19.3. The van der Waals surface area contributed by atoms with Gasteiger partial charge < -0.3 is 9.64 Å². The molecule has 4 rings (SSSR count). The number of aromatic nitrogens is 6. The zero-order valence-corrected chi connectivity index (χ0v) is 16.2. The van der Waals surface area contributed by atoms with Crippen molar-refractivity contribution in [3.05, 3.63) is 48.4 Å². The summed E-state index contributed by atoms with van der Waals surface area (Å²) < 4.78 is 6.04. The summed E-state index contributed by atoms with van der Waals surface area (Å²) in [6, 6.07) is 1.85. The summed E-state index contributed by atoms with van der Waals surface area (Å²) in [4.78, 5) is 19.5. The lowest BCUT2D eigenvalue weighted by Crippen LogP contribution is -2.39. The third-order valence-electron chi connectivity index (χ3n) is 4.95. The van der Waals surface area contributed by atoms with Crippen LogP contribution in [0.1, 0.15) is 19.8 Å². The third-order valence-corrected chi connectivity index (χ3v) is 5.14. The molecular formula is C19H20ClN7O. The molecule has 0 amide bonds. The van der Waals surface area contributed by atoms with Crippen LogP contribution in [0.4, 0.5) is 5.82 Å². The zero-order valence-electron chi connectivity index (χ0n) is 15.4. The molecule has 144 valence electrons. The van der Waals surface area contributed by atoms with E-state index < -0.39 is 0 Å². The van der Waals surface area contributed by atoms with Gasteiger partial charge in [0.05, 0.1) is 42.9 Å². The molecule has 1 aliphatic rings. The first-order valence-electron chi connectivity index (χ1n) is 9.17. The van der Waals surface area contributed by atoms with E-state index in [-0.39, 0.29) is 6.10 Å². The van der Waals surface area contributed by atoms with Gasteiger partial charge in [0.2, 0.25) is 5.88 Å². The molecule has 4 heterocycles. The first-order valence-corrected chi connectivity index (χ1v) is 9.55. The molecule has 0 radical (unpaired) electrons. The van der Waals surface area contributed by atoms with Crippen LogP contribution in [0.5, 0.6) is 5.88 Å². The van der Waals surface area contributed by atoms with Crippen molar-refractivity contribution in [3.63, 3.8) is 0 Å². The highest BCUT2D eigenvalue weighted by molar-refractivity contribution is 6.29. The fraction of sp³-hybridized carbons (Fsp3) is 0.368. The predicted octanol–water partition coefficient (Wildman–Crippen LogP) is 3.06. The van der Waals surface area contributed by atoms with Gasteiger partial charge in [0.1, 0.15) is 17.1 Å². The molecule has 1 fully saturated rings. The van der Waals surface area contributed by atoms with Crippen LogP contribution >= 0.6 is 11.6 Å². The van der Waals surface area contributed by atoms with Gasteiger partial charge in [-0.3, -0.25) is 0 Å². The first-order chi connectivity index (χ1) is 13.7. The van der Waals surface area contributed by atoms with Crippen LogP contribution in [-0.2, 0) is 0 Å². The standard InChI is InChI=1S/C19H20ClN7O/c1-13(14-3-6-27(7-4-14)18-11-22-17(20)10-23-18)28-19-12-21-16(9-24-19)15-2-5-25-26-8-15/h2,5,8-14H,3-4,6-7H2,1H3. The van der Waals surface area contributed by atoms with Gasteiger partial charge in [0.25, 0.3) is 0 Å². The minimum absolute atomic E-state index is 0.0567. The van der Waals surface area contributed by atoms with Gasteiger partial charge >= 0.3 is 0 Å². The van der Waals surface area contributed by atoms with E-state index >= 15 is 0 Å². The number of anilines is 1. The van der Waals surface area contributed by atoms with E-state index in [1.54, 1.807) is 37.2 Å². The van der Waals surface area contributed by atoms with E-state index in [1.165, 1.54) is 0 Å². The lowest BCUT2D eigenvalue weighted by Gasteiger charge is -2.35. The Labute approximate surface area is 168 Å². The summed E-state index contributed by atoms with van der Waals surface area (Å²) in [5.41, 5.74) is 1.62. The topological polar surface area (TPSA) is 89.8 Å². The van der Waals surface area contributed by atoms with Crippen molar-refractivity contribution >= 4 is 17.4 Å². The van der Waals surface area contributed by atoms with Crippen molar-refractivity contribution < 1.29 is 4.74 Å². The Bertz CT molecular complexity index is 884. The molecule has 8 nitrogen and oxygen atoms in total. The van der Waals surface area contributed by atoms with E-state index in [0.29, 0.717) is 17.0 Å². The maximum Gasteiger partial charge on any atom is 0.232 e. The Balaban J connectivity index is 1.32. The molecule has 0 saturated carbocycles. The van der Waals surface area contributed by atoms with E-state index in [1.807, 2.05) is 6.07 Å². The summed E-state index contributed by atoms with van der Waals surface area (Å²) in [7, 11) is 0. The molecule has 1 unspecified atom stereocenters. The molecule has 9 heteroatoms. The minimum atomic E-state index is 0.0567. The Morgan fingerprint density at radius 2 is 1.86 bits per heavy atom. The fourth-order valence-corrected chi connectivity index (χ4v) is 3.42. The van der Waals surface area contributed by atoms with E-state index in [0.717, 1.165) is 43.0 Å². The van der Waals surface area contributed by atoms with Crippen LogP contribution in [0, 0.1) is 5.92 Å². The van der Waals surface area contributed by atoms with Crippen molar-refractivity contribution in [2.45, 2.75) is 25.9 Å². The highest BCUT2D eigenvalue weighted by Crippen LogP contribution is 2.26. The van der Waals surface area contributed by atoms with E-state index in [9.17, 15) is 0 Å². The molecule has 28 heavy (non-hydrogen) atoms. The fourth-order valence-electron chi connectivity index (χ4n) is 3.32. The summed E-state index contributed by atoms with van der Waals surface area (Å²) in [5.74, 6) is 1.84. The molecule has 1 saturated heterocycles. The van der Waals surface area contributed by atoms with Crippen LogP contribution in [-0.4, -0.2) is 49.3 Å². The van der Waals surface area contributed by atoms with Gasteiger partial charge in [-0.05, 0) is 31.7 Å². The normalized spacial score (nSPS) is 16.0. The molecule has 0 aliphatic carbocycles. The largest absolute Gasteiger partial charge is 0.473 e. The molecule has 1 atom stereocenters. The van der Waals surface area contributed by atoms with Crippen molar-refractivity contribution in [1.82, 2.24) is 30.1 Å². The molecule has 3 aromatic heterocycles. The highest BCUT2D eigenvalue weighted by Gasteiger charge is 2.26. The molecule has 1 aliphatic heterocycles. The number of piperidine rings is 1. The van der Waals surface area contributed by atoms with Crippen LogP contribution in [0.3, 0.4) is 0 Å². The summed E-state index contributed by atoms with van der Waals surface area (Å²) in [6.07, 6.45) is 12.0. The molecule has 0 aromatic carbocycles. The second-order valence-corrected chi connectivity index (χ2v) is 7.10. The molecule has 0 bridgehead atoms. The van der Waals surface area contributed by atoms with Gasteiger partial charge in [-0.1, -0.05) is 11.6 Å². The van der Waals surface area contributed by atoms with Crippen molar-refractivity contribution in [2.75, 3.05) is 18.0 Å². The molecular weight excluding hydrogens is 378 g/mol. The van der Waals surface area contributed by atoms with Crippen LogP contribution in [0.25, 0.3) is 11.3 Å². The monoisotopic (exact) mass is 397 g/mol. The Hall–Kier alpha value is -2.87. The number of nitrogens with zero attached hydrogens (tertiary/aromatic N) is 7. The SMILES string of the molecule is CC(Oc1cnc(-c2ccnnc2)cn1)C1CCN(c2cnc(Cl)cn2)CC1. The minimum Gasteiger partial charge on any atom is -0.473 e. The summed E-state index contributed by atoms with van der Waals surface area (Å²) >= 11 is 5.81. The van der Waals surface area contributed by atoms with Gasteiger partial charge in [-0.25, -0.2) is 19.9 Å². The number of halogens is 1. The van der Waals surface area contributed by atoms with E-state index in [2.05, 4.69) is 42.0 Å². The van der Waals surface area contributed by atoms with Crippen LogP contribution < -0.4 is 9.64 Å². The lowest BCUT2D eigenvalue weighted by atomic mass is 9.92. The van der Waals surface area contributed by atoms with Crippen LogP contribution in [0.2, 0.25) is 5.15 Å². The number of hydrogen-bond donors (Lipinski definition) is 0. The summed E-state index contributed by atoms with van der Waals surface area (Å²) in [5, 5.41) is 8.04. The third kappa shape index (κ3) is 4.33. The maximum atomic E-state index is 6.04. The van der Waals surface area contributed by atoms with E-state index in [4.69, 9.17) is 16.3 Å². The average molecular weight is 398 g/mol. The Morgan fingerprint density at radius 1 is 1.00 bits per heavy atom. The number of ether oxygens (including phenoxy) is 1. The molecule has 3 aromatic rings.